The van der Waals surface area contributed by atoms with E-state index in [4.69, 9.17) is 4.74 Å². The first-order valence-corrected chi connectivity index (χ1v) is 9.61. The molecule has 0 radical (unpaired) electrons. The van der Waals surface area contributed by atoms with Crippen LogP contribution in [-0.4, -0.2) is 47.9 Å². The maximum atomic E-state index is 13.4. The van der Waals surface area contributed by atoms with Crippen molar-refractivity contribution < 1.29 is 18.7 Å². The maximum Gasteiger partial charge on any atom is 0.277 e. The summed E-state index contributed by atoms with van der Waals surface area (Å²) in [5.74, 6) is -1.14. The Morgan fingerprint density at radius 2 is 1.66 bits per heavy atom. The van der Waals surface area contributed by atoms with Crippen molar-refractivity contribution in [3.63, 3.8) is 0 Å². The smallest absolute Gasteiger partial charge is 0.277 e. The number of likely N-dealkylation sites (N-methyl/N-ethyl adjacent to an activating group) is 1. The second-order valence-electron chi connectivity index (χ2n) is 7.25. The predicted octanol–water partition coefficient (Wildman–Crippen LogP) is 3.46. The highest BCUT2D eigenvalue weighted by molar-refractivity contribution is 6.35. The summed E-state index contributed by atoms with van der Waals surface area (Å²) in [5.41, 5.74) is 2.14. The molecule has 29 heavy (non-hydrogen) atoms. The quantitative estimate of drug-likeness (QED) is 0.641. The summed E-state index contributed by atoms with van der Waals surface area (Å²) in [5, 5.41) is 0. The highest BCUT2D eigenvalue weighted by Crippen LogP contribution is 2.31. The molecule has 0 saturated heterocycles. The summed E-state index contributed by atoms with van der Waals surface area (Å²) >= 11 is 0. The standard InChI is InChI=1S/C23H25FN2O3/c1-16(2)29-14-13-26-22(27)20(18-9-11-19(24)12-10-18)21(23(26)28)25(3)15-17-7-5-4-6-8-17/h4-12,16H,13-15H2,1-3H3. The molecule has 0 fully saturated rings. The van der Waals surface area contributed by atoms with E-state index in [1.165, 1.54) is 29.2 Å². The van der Waals surface area contributed by atoms with Crippen molar-refractivity contribution in [2.45, 2.75) is 26.5 Å². The van der Waals surface area contributed by atoms with Crippen LogP contribution >= 0.6 is 0 Å². The van der Waals surface area contributed by atoms with Crippen LogP contribution in [0, 0.1) is 5.82 Å². The number of nitrogens with zero attached hydrogens (tertiary/aromatic N) is 2. The fourth-order valence-corrected chi connectivity index (χ4v) is 3.31. The number of hydrogen-bond donors (Lipinski definition) is 0. The van der Waals surface area contributed by atoms with Gasteiger partial charge in [-0.25, -0.2) is 4.39 Å². The lowest BCUT2D eigenvalue weighted by Crippen LogP contribution is -2.37. The molecule has 0 aliphatic carbocycles. The molecule has 0 aromatic heterocycles. The van der Waals surface area contributed by atoms with Gasteiger partial charge in [0.2, 0.25) is 0 Å². The second-order valence-corrected chi connectivity index (χ2v) is 7.25. The van der Waals surface area contributed by atoms with Gasteiger partial charge < -0.3 is 9.64 Å². The van der Waals surface area contributed by atoms with Gasteiger partial charge in [-0.05, 0) is 37.1 Å². The van der Waals surface area contributed by atoms with E-state index in [1.807, 2.05) is 44.2 Å². The fraction of sp³-hybridized carbons (Fsp3) is 0.304. The number of benzene rings is 2. The summed E-state index contributed by atoms with van der Waals surface area (Å²) < 4.78 is 18.9. The Morgan fingerprint density at radius 3 is 2.28 bits per heavy atom. The van der Waals surface area contributed by atoms with Crippen LogP contribution in [0.25, 0.3) is 5.57 Å². The second kappa shape index (κ2) is 9.01. The Labute approximate surface area is 170 Å². The summed E-state index contributed by atoms with van der Waals surface area (Å²) in [7, 11) is 1.78. The van der Waals surface area contributed by atoms with Gasteiger partial charge in [0.25, 0.3) is 11.8 Å². The van der Waals surface area contributed by atoms with E-state index in [-0.39, 0.29) is 36.6 Å². The van der Waals surface area contributed by atoms with Crippen LogP contribution in [0.2, 0.25) is 0 Å². The third kappa shape index (κ3) is 4.71. The van der Waals surface area contributed by atoms with Gasteiger partial charge in [-0.2, -0.15) is 0 Å². The van der Waals surface area contributed by atoms with Gasteiger partial charge in [0.05, 0.1) is 24.8 Å². The van der Waals surface area contributed by atoms with Crippen LogP contribution in [0.1, 0.15) is 25.0 Å². The Balaban J connectivity index is 1.94. The van der Waals surface area contributed by atoms with E-state index in [9.17, 15) is 14.0 Å². The van der Waals surface area contributed by atoms with Gasteiger partial charge in [0.15, 0.2) is 0 Å². The molecule has 1 aliphatic rings. The molecule has 2 amide bonds. The molecular weight excluding hydrogens is 371 g/mol. The first-order chi connectivity index (χ1) is 13.9. The number of imide groups is 1. The lowest BCUT2D eigenvalue weighted by atomic mass is 10.0. The van der Waals surface area contributed by atoms with Crippen molar-refractivity contribution in [2.75, 3.05) is 20.2 Å². The van der Waals surface area contributed by atoms with Gasteiger partial charge in [-0.15, -0.1) is 0 Å². The first-order valence-electron chi connectivity index (χ1n) is 9.61. The first kappa shape index (κ1) is 20.7. The number of hydrogen-bond acceptors (Lipinski definition) is 4. The summed E-state index contributed by atoms with van der Waals surface area (Å²) in [6.45, 7) is 4.70. The van der Waals surface area contributed by atoms with Crippen LogP contribution in [0.4, 0.5) is 4.39 Å². The molecule has 1 aliphatic heterocycles. The number of rotatable bonds is 8. The molecule has 5 nitrogen and oxygen atoms in total. The molecule has 6 heteroatoms. The molecule has 1 heterocycles. The highest BCUT2D eigenvalue weighted by Gasteiger charge is 2.40. The van der Waals surface area contributed by atoms with E-state index >= 15 is 0 Å². The van der Waals surface area contributed by atoms with E-state index in [2.05, 4.69) is 0 Å². The van der Waals surface area contributed by atoms with Crippen molar-refractivity contribution in [1.82, 2.24) is 9.80 Å². The third-order valence-corrected chi connectivity index (χ3v) is 4.69. The minimum absolute atomic E-state index is 0.00700. The molecule has 2 aromatic carbocycles. The molecule has 0 atom stereocenters. The zero-order valence-electron chi connectivity index (χ0n) is 16.9. The Kier molecular flexibility index (Phi) is 6.44. The van der Waals surface area contributed by atoms with Crippen molar-refractivity contribution in [3.8, 4) is 0 Å². The Hall–Kier alpha value is -2.99. The van der Waals surface area contributed by atoms with Crippen molar-refractivity contribution >= 4 is 17.4 Å². The topological polar surface area (TPSA) is 49.9 Å². The highest BCUT2D eigenvalue weighted by atomic mass is 19.1. The average Bonchev–Trinajstić information content (AvgIpc) is 2.94. The molecular formula is C23H25FN2O3. The molecule has 0 bridgehead atoms. The molecule has 152 valence electrons. The van der Waals surface area contributed by atoms with Gasteiger partial charge in [0.1, 0.15) is 11.5 Å². The van der Waals surface area contributed by atoms with Gasteiger partial charge in [0, 0.05) is 13.6 Å². The van der Waals surface area contributed by atoms with Crippen molar-refractivity contribution in [2.24, 2.45) is 0 Å². The van der Waals surface area contributed by atoms with E-state index in [0.29, 0.717) is 17.8 Å². The fourth-order valence-electron chi connectivity index (χ4n) is 3.31. The normalized spacial score (nSPS) is 14.3. The maximum absolute atomic E-state index is 13.4. The number of halogens is 1. The Bertz CT molecular complexity index is 907. The molecule has 2 aromatic rings. The van der Waals surface area contributed by atoms with Gasteiger partial charge >= 0.3 is 0 Å². The molecule has 0 spiro atoms. The monoisotopic (exact) mass is 396 g/mol. The third-order valence-electron chi connectivity index (χ3n) is 4.69. The minimum atomic E-state index is -0.396. The van der Waals surface area contributed by atoms with Crippen LogP contribution < -0.4 is 0 Å². The summed E-state index contributed by atoms with van der Waals surface area (Å²) in [6.07, 6.45) is 0.00700. The van der Waals surface area contributed by atoms with Crippen molar-refractivity contribution in [1.29, 1.82) is 0 Å². The average molecular weight is 396 g/mol. The minimum Gasteiger partial charge on any atom is -0.377 e. The van der Waals surface area contributed by atoms with Crippen molar-refractivity contribution in [3.05, 3.63) is 77.2 Å². The van der Waals surface area contributed by atoms with E-state index in [0.717, 1.165) is 5.56 Å². The van der Waals surface area contributed by atoms with Crippen LogP contribution in [0.5, 0.6) is 0 Å². The number of amides is 2. The van der Waals surface area contributed by atoms with Gasteiger partial charge in [-0.3, -0.25) is 14.5 Å². The number of carbonyl (C=O) groups excluding carboxylic acids is 2. The summed E-state index contributed by atoms with van der Waals surface area (Å²) in [6, 6.07) is 15.3. The lowest BCUT2D eigenvalue weighted by molar-refractivity contribution is -0.138. The number of carbonyl (C=O) groups is 2. The van der Waals surface area contributed by atoms with Crippen LogP contribution in [0.3, 0.4) is 0 Å². The molecule has 0 N–H and O–H groups in total. The molecule has 0 unspecified atom stereocenters. The lowest BCUT2D eigenvalue weighted by Gasteiger charge is -2.22. The molecule has 3 rings (SSSR count). The number of ether oxygens (including phenoxy) is 1. The van der Waals surface area contributed by atoms with Crippen LogP contribution in [-0.2, 0) is 20.9 Å². The van der Waals surface area contributed by atoms with Gasteiger partial charge in [-0.1, -0.05) is 42.5 Å². The SMILES string of the molecule is CC(C)OCCN1C(=O)C(c2ccc(F)cc2)=C(N(C)Cc2ccccc2)C1=O. The van der Waals surface area contributed by atoms with E-state index < -0.39 is 5.82 Å². The Morgan fingerprint density at radius 1 is 1.00 bits per heavy atom. The zero-order chi connectivity index (χ0) is 21.0. The predicted molar refractivity (Wildman–Crippen MR) is 109 cm³/mol. The summed E-state index contributed by atoms with van der Waals surface area (Å²) in [4.78, 5) is 29.2. The largest absolute Gasteiger partial charge is 0.377 e. The zero-order valence-corrected chi connectivity index (χ0v) is 16.9. The molecule has 0 saturated carbocycles. The van der Waals surface area contributed by atoms with E-state index in [1.54, 1.807) is 11.9 Å². The van der Waals surface area contributed by atoms with Crippen LogP contribution in [0.15, 0.2) is 60.3 Å².